The molecule has 0 aliphatic heterocycles. The van der Waals surface area contributed by atoms with Gasteiger partial charge in [-0.2, -0.15) is 0 Å². The summed E-state index contributed by atoms with van der Waals surface area (Å²) >= 11 is -2.13. The molecule has 23 heavy (non-hydrogen) atoms. The Kier molecular flexibility index (Phi) is 12.5. The second-order valence-electron chi connectivity index (χ2n) is 8.54. The molecule has 0 spiro atoms. The molecular formula is C20H44OSiSn. The Balaban J connectivity index is 4.90. The molecule has 0 radical (unpaired) electrons. The maximum absolute atomic E-state index is 6.52. The first-order valence-electron chi connectivity index (χ1n) is 10.0. The van der Waals surface area contributed by atoms with E-state index in [0.717, 1.165) is 4.62 Å². The maximum atomic E-state index is 6.52. The van der Waals surface area contributed by atoms with Crippen molar-refractivity contribution in [3.63, 3.8) is 0 Å². The minimum absolute atomic E-state index is 0.266. The van der Waals surface area contributed by atoms with Crippen molar-refractivity contribution in [2.45, 2.75) is 105 Å². The van der Waals surface area contributed by atoms with Gasteiger partial charge in [-0.05, 0) is 0 Å². The van der Waals surface area contributed by atoms with Gasteiger partial charge in [0.15, 0.2) is 0 Å². The Bertz CT molecular complexity index is 300. The number of ether oxygens (including phenoxy) is 1. The van der Waals surface area contributed by atoms with Crippen LogP contribution in [0.3, 0.4) is 0 Å². The van der Waals surface area contributed by atoms with Crippen molar-refractivity contribution in [1.82, 2.24) is 0 Å². The third-order valence-corrected chi connectivity index (χ3v) is 21.9. The van der Waals surface area contributed by atoms with E-state index >= 15 is 0 Å². The van der Waals surface area contributed by atoms with Crippen LogP contribution in [0.1, 0.15) is 66.2 Å². The first-order chi connectivity index (χ1) is 10.7. The van der Waals surface area contributed by atoms with Gasteiger partial charge in [0, 0.05) is 0 Å². The van der Waals surface area contributed by atoms with Crippen LogP contribution in [0.5, 0.6) is 0 Å². The van der Waals surface area contributed by atoms with Crippen LogP contribution in [-0.2, 0) is 4.74 Å². The number of hydrogen-bond acceptors (Lipinski definition) is 1. The standard InChI is InChI=1S/C8H17OSi.3C4H9.Sn/c1-7(9-3)8(2)10(4,5)6;3*1-3-4-2;/h7H,2-3H2,1,4-6H3;3*1,3-4H2,2H3;. The van der Waals surface area contributed by atoms with E-state index in [1.54, 1.807) is 0 Å². The van der Waals surface area contributed by atoms with E-state index in [0.29, 0.717) is 0 Å². The molecule has 0 amide bonds. The van der Waals surface area contributed by atoms with Crippen molar-refractivity contribution >= 4 is 26.5 Å². The van der Waals surface area contributed by atoms with E-state index in [1.165, 1.54) is 57.0 Å². The van der Waals surface area contributed by atoms with Gasteiger partial charge in [0.1, 0.15) is 0 Å². The fraction of sp³-hybridized carbons (Fsp3) is 0.900. The molecule has 3 heteroatoms. The zero-order chi connectivity index (χ0) is 17.9. The fourth-order valence-corrected chi connectivity index (χ4v) is 19.1. The zero-order valence-corrected chi connectivity index (χ0v) is 21.1. The van der Waals surface area contributed by atoms with Crippen LogP contribution < -0.4 is 0 Å². The molecule has 0 aromatic carbocycles. The van der Waals surface area contributed by atoms with Gasteiger partial charge in [0.2, 0.25) is 0 Å². The second kappa shape index (κ2) is 12.1. The average Bonchev–Trinajstić information content (AvgIpc) is 2.51. The molecule has 0 heterocycles. The molecule has 1 unspecified atom stereocenters. The van der Waals surface area contributed by atoms with Crippen LogP contribution in [0.2, 0.25) is 33.0 Å². The van der Waals surface area contributed by atoms with Gasteiger partial charge in [-0.25, -0.2) is 0 Å². The summed E-state index contributed by atoms with van der Waals surface area (Å²) in [4.78, 5) is 0. The first kappa shape index (κ1) is 23.7. The van der Waals surface area contributed by atoms with Gasteiger partial charge in [-0.1, -0.05) is 0 Å². The average molecular weight is 447 g/mol. The molecule has 0 aliphatic rings. The SMILES string of the molecule is C=C(C(C)O[CH2][Sn]([CH2]CCC)([CH2]CCC)[CH2]CCC)[Si](C)(C)C. The molecule has 0 aromatic rings. The Hall–Kier alpha value is 0.716. The quantitative estimate of drug-likeness (QED) is 0.256. The molecule has 0 aliphatic carbocycles. The molecule has 0 aromatic heterocycles. The summed E-state index contributed by atoms with van der Waals surface area (Å²) in [5, 5.41) is 1.39. The molecule has 0 N–H and O–H groups in total. The third kappa shape index (κ3) is 9.69. The first-order valence-corrected chi connectivity index (χ1v) is 21.6. The van der Waals surface area contributed by atoms with E-state index in [9.17, 15) is 0 Å². The predicted molar refractivity (Wildman–Crippen MR) is 113 cm³/mol. The van der Waals surface area contributed by atoms with Crippen LogP contribution in [-0.4, -0.2) is 37.2 Å². The van der Waals surface area contributed by atoms with Crippen LogP contribution in [0.25, 0.3) is 0 Å². The van der Waals surface area contributed by atoms with E-state index in [2.05, 4.69) is 53.9 Å². The van der Waals surface area contributed by atoms with Gasteiger partial charge < -0.3 is 0 Å². The zero-order valence-electron chi connectivity index (χ0n) is 17.3. The molecule has 0 fully saturated rings. The van der Waals surface area contributed by atoms with Crippen LogP contribution >= 0.6 is 0 Å². The summed E-state index contributed by atoms with van der Waals surface area (Å²) in [6, 6.07) is 0. The van der Waals surface area contributed by atoms with Crippen molar-refractivity contribution < 1.29 is 4.74 Å². The molecular weight excluding hydrogens is 403 g/mol. The summed E-state index contributed by atoms with van der Waals surface area (Å²) in [6.45, 7) is 20.8. The van der Waals surface area contributed by atoms with Gasteiger partial charge in [-0.15, -0.1) is 0 Å². The normalized spacial score (nSPS) is 14.0. The summed E-state index contributed by atoms with van der Waals surface area (Å²) < 4.78 is 12.3. The van der Waals surface area contributed by atoms with Gasteiger partial charge in [-0.3, -0.25) is 0 Å². The van der Waals surface area contributed by atoms with Crippen LogP contribution in [0, 0.1) is 0 Å². The van der Waals surface area contributed by atoms with E-state index in [4.69, 9.17) is 4.74 Å². The van der Waals surface area contributed by atoms with E-state index in [-0.39, 0.29) is 6.10 Å². The predicted octanol–water partition coefficient (Wildman–Crippen LogP) is 7.21. The summed E-state index contributed by atoms with van der Waals surface area (Å²) in [5.41, 5.74) is 0. The van der Waals surface area contributed by atoms with Crippen molar-refractivity contribution in [1.29, 1.82) is 0 Å². The van der Waals surface area contributed by atoms with Crippen molar-refractivity contribution in [2.75, 3.05) is 4.62 Å². The van der Waals surface area contributed by atoms with Crippen molar-refractivity contribution in [3.8, 4) is 0 Å². The van der Waals surface area contributed by atoms with E-state index in [1.807, 2.05) is 0 Å². The third-order valence-electron chi connectivity index (χ3n) is 5.28. The minimum atomic E-state index is -2.13. The van der Waals surface area contributed by atoms with Crippen molar-refractivity contribution in [3.05, 3.63) is 11.8 Å². The molecule has 1 atom stereocenters. The summed E-state index contributed by atoms with van der Waals surface area (Å²) in [7, 11) is -1.29. The monoisotopic (exact) mass is 448 g/mol. The molecule has 0 saturated heterocycles. The topological polar surface area (TPSA) is 9.23 Å². The molecule has 0 bridgehead atoms. The molecule has 138 valence electrons. The Labute approximate surface area is 152 Å². The fourth-order valence-electron chi connectivity index (χ4n) is 3.26. The molecule has 0 rings (SSSR count). The van der Waals surface area contributed by atoms with Crippen LogP contribution in [0.4, 0.5) is 0 Å². The Morgan fingerprint density at radius 3 is 1.61 bits per heavy atom. The molecule has 1 nitrogen and oxygen atoms in total. The summed E-state index contributed by atoms with van der Waals surface area (Å²) in [6.07, 6.45) is 8.57. The summed E-state index contributed by atoms with van der Waals surface area (Å²) in [5.74, 6) is 0. The Morgan fingerprint density at radius 2 is 1.30 bits per heavy atom. The van der Waals surface area contributed by atoms with Crippen LogP contribution in [0.15, 0.2) is 11.8 Å². The molecule has 0 saturated carbocycles. The van der Waals surface area contributed by atoms with Gasteiger partial charge >= 0.3 is 153 Å². The number of hydrogen-bond donors (Lipinski definition) is 0. The van der Waals surface area contributed by atoms with E-state index < -0.39 is 26.5 Å². The van der Waals surface area contributed by atoms with Gasteiger partial charge in [0.05, 0.1) is 0 Å². The number of rotatable bonds is 14. The van der Waals surface area contributed by atoms with Gasteiger partial charge in [0.25, 0.3) is 0 Å². The number of unbranched alkanes of at least 4 members (excludes halogenated alkanes) is 3. The Morgan fingerprint density at radius 1 is 0.913 bits per heavy atom. The van der Waals surface area contributed by atoms with Crippen molar-refractivity contribution in [2.24, 2.45) is 0 Å². The second-order valence-corrected chi connectivity index (χ2v) is 27.3.